The molecule has 0 aromatic carbocycles. The van der Waals surface area contributed by atoms with Crippen molar-refractivity contribution in [2.45, 2.75) is 31.8 Å². The van der Waals surface area contributed by atoms with Crippen molar-refractivity contribution in [3.05, 3.63) is 0 Å². The number of rotatable bonds is 3. The van der Waals surface area contributed by atoms with Gasteiger partial charge >= 0.3 is 6.09 Å². The molecule has 1 fully saturated rings. The van der Waals surface area contributed by atoms with Crippen molar-refractivity contribution in [1.82, 2.24) is 10.2 Å². The van der Waals surface area contributed by atoms with Gasteiger partial charge in [0.25, 0.3) is 0 Å². The molecule has 1 amide bonds. The Kier molecular flexibility index (Phi) is 4.81. The Bertz CT molecular complexity index is 206. The van der Waals surface area contributed by atoms with Crippen molar-refractivity contribution in [3.8, 4) is 0 Å². The van der Waals surface area contributed by atoms with Gasteiger partial charge in [-0.2, -0.15) is 0 Å². The second-order valence-electron chi connectivity index (χ2n) is 3.95. The number of piperidine rings is 1. The van der Waals surface area contributed by atoms with Gasteiger partial charge in [0.2, 0.25) is 0 Å². The lowest BCUT2D eigenvalue weighted by Crippen LogP contribution is -2.47. The SMILES string of the molecule is COC(=O)N1CCC(N[C@@H](C)CF)CC1. The molecule has 1 rings (SSSR count). The maximum Gasteiger partial charge on any atom is 0.409 e. The van der Waals surface area contributed by atoms with E-state index in [1.807, 2.05) is 6.92 Å². The van der Waals surface area contributed by atoms with Gasteiger partial charge in [-0.15, -0.1) is 0 Å². The van der Waals surface area contributed by atoms with Crippen molar-refractivity contribution >= 4 is 6.09 Å². The number of nitrogens with one attached hydrogen (secondary N) is 1. The molecule has 0 aliphatic carbocycles. The maximum absolute atomic E-state index is 12.3. The van der Waals surface area contributed by atoms with E-state index in [1.165, 1.54) is 7.11 Å². The molecule has 0 spiro atoms. The number of likely N-dealkylation sites (tertiary alicyclic amines) is 1. The number of nitrogens with zero attached hydrogens (tertiary/aromatic N) is 1. The molecule has 1 saturated heterocycles. The van der Waals surface area contributed by atoms with Gasteiger partial charge in [0.15, 0.2) is 0 Å². The average molecular weight is 218 g/mol. The summed E-state index contributed by atoms with van der Waals surface area (Å²) in [7, 11) is 1.39. The van der Waals surface area contributed by atoms with Crippen LogP contribution in [0.5, 0.6) is 0 Å². The van der Waals surface area contributed by atoms with Gasteiger partial charge in [-0.1, -0.05) is 0 Å². The van der Waals surface area contributed by atoms with Crippen LogP contribution in [0.25, 0.3) is 0 Å². The van der Waals surface area contributed by atoms with Crippen LogP contribution in [0.2, 0.25) is 0 Å². The number of methoxy groups -OCH3 is 1. The molecule has 1 aliphatic heterocycles. The maximum atomic E-state index is 12.3. The van der Waals surface area contributed by atoms with E-state index in [1.54, 1.807) is 4.90 Å². The molecule has 0 aromatic rings. The molecule has 0 bridgehead atoms. The lowest BCUT2D eigenvalue weighted by molar-refractivity contribution is 0.108. The number of hydrogen-bond acceptors (Lipinski definition) is 3. The number of amides is 1. The van der Waals surface area contributed by atoms with Gasteiger partial charge in [0.1, 0.15) is 6.67 Å². The van der Waals surface area contributed by atoms with Crippen molar-refractivity contribution in [2.75, 3.05) is 26.9 Å². The first-order chi connectivity index (χ1) is 7.17. The minimum absolute atomic E-state index is 0.0975. The zero-order valence-electron chi connectivity index (χ0n) is 9.33. The predicted molar refractivity (Wildman–Crippen MR) is 55.6 cm³/mol. The number of alkyl halides is 1. The van der Waals surface area contributed by atoms with Crippen LogP contribution < -0.4 is 5.32 Å². The molecule has 15 heavy (non-hydrogen) atoms. The largest absolute Gasteiger partial charge is 0.453 e. The van der Waals surface area contributed by atoms with E-state index in [4.69, 9.17) is 0 Å². The first kappa shape index (κ1) is 12.2. The van der Waals surface area contributed by atoms with E-state index >= 15 is 0 Å². The average Bonchev–Trinajstić information content (AvgIpc) is 2.29. The van der Waals surface area contributed by atoms with Crippen LogP contribution in [0.15, 0.2) is 0 Å². The number of halogens is 1. The Morgan fingerprint density at radius 3 is 2.67 bits per heavy atom. The van der Waals surface area contributed by atoms with Crippen molar-refractivity contribution in [3.63, 3.8) is 0 Å². The van der Waals surface area contributed by atoms with Crippen LogP contribution in [0.1, 0.15) is 19.8 Å². The highest BCUT2D eigenvalue weighted by Gasteiger charge is 2.23. The Morgan fingerprint density at radius 2 is 2.20 bits per heavy atom. The minimum Gasteiger partial charge on any atom is -0.453 e. The van der Waals surface area contributed by atoms with Crippen LogP contribution in [-0.4, -0.2) is 50.0 Å². The smallest absolute Gasteiger partial charge is 0.409 e. The number of carbonyl (C=O) groups is 1. The van der Waals surface area contributed by atoms with Gasteiger partial charge in [-0.05, 0) is 19.8 Å². The molecule has 0 aromatic heterocycles. The van der Waals surface area contributed by atoms with E-state index in [9.17, 15) is 9.18 Å². The second kappa shape index (κ2) is 5.90. The molecule has 5 heteroatoms. The van der Waals surface area contributed by atoms with Gasteiger partial charge in [-0.3, -0.25) is 0 Å². The fraction of sp³-hybridized carbons (Fsp3) is 0.900. The summed E-state index contributed by atoms with van der Waals surface area (Å²) in [5, 5.41) is 3.19. The standard InChI is InChI=1S/C10H19FN2O2/c1-8(7-11)12-9-3-5-13(6-4-9)10(14)15-2/h8-9,12H,3-7H2,1-2H3/t8-/m0/s1. The first-order valence-electron chi connectivity index (χ1n) is 5.32. The predicted octanol–water partition coefficient (Wildman–Crippen LogP) is 1.16. The molecule has 88 valence electrons. The summed E-state index contributed by atoms with van der Waals surface area (Å²) in [5.41, 5.74) is 0. The minimum atomic E-state index is -0.350. The summed E-state index contributed by atoms with van der Waals surface area (Å²) in [6.45, 7) is 2.84. The third kappa shape index (κ3) is 3.66. The first-order valence-corrected chi connectivity index (χ1v) is 5.32. The van der Waals surface area contributed by atoms with Crippen LogP contribution in [0.4, 0.5) is 9.18 Å². The Balaban J connectivity index is 2.26. The van der Waals surface area contributed by atoms with Gasteiger partial charge in [0, 0.05) is 25.2 Å². The van der Waals surface area contributed by atoms with Gasteiger partial charge in [0.05, 0.1) is 7.11 Å². The van der Waals surface area contributed by atoms with Crippen LogP contribution in [0, 0.1) is 0 Å². The molecule has 0 saturated carbocycles. The molecular formula is C10H19FN2O2. The van der Waals surface area contributed by atoms with E-state index < -0.39 is 0 Å². The van der Waals surface area contributed by atoms with Crippen LogP contribution in [-0.2, 0) is 4.74 Å². The normalized spacial score (nSPS) is 20.1. The fourth-order valence-corrected chi connectivity index (χ4v) is 1.80. The zero-order valence-corrected chi connectivity index (χ0v) is 9.33. The molecule has 0 unspecified atom stereocenters. The van der Waals surface area contributed by atoms with Gasteiger partial charge < -0.3 is 15.0 Å². The third-order valence-electron chi connectivity index (χ3n) is 2.68. The lowest BCUT2D eigenvalue weighted by Gasteiger charge is -2.32. The molecule has 4 nitrogen and oxygen atoms in total. The number of ether oxygens (including phenoxy) is 1. The highest BCUT2D eigenvalue weighted by Crippen LogP contribution is 2.11. The summed E-state index contributed by atoms with van der Waals surface area (Å²) < 4.78 is 16.9. The van der Waals surface area contributed by atoms with Crippen molar-refractivity contribution < 1.29 is 13.9 Å². The highest BCUT2D eigenvalue weighted by atomic mass is 19.1. The fourth-order valence-electron chi connectivity index (χ4n) is 1.80. The van der Waals surface area contributed by atoms with Crippen molar-refractivity contribution in [1.29, 1.82) is 0 Å². The van der Waals surface area contributed by atoms with Crippen LogP contribution >= 0.6 is 0 Å². The van der Waals surface area contributed by atoms with E-state index in [0.717, 1.165) is 12.8 Å². The number of carbonyl (C=O) groups excluding carboxylic acids is 1. The topological polar surface area (TPSA) is 41.6 Å². The quantitative estimate of drug-likeness (QED) is 0.773. The van der Waals surface area contributed by atoms with E-state index in [0.29, 0.717) is 19.1 Å². The summed E-state index contributed by atoms with van der Waals surface area (Å²) in [4.78, 5) is 12.9. The molecule has 1 aliphatic rings. The zero-order chi connectivity index (χ0) is 11.3. The van der Waals surface area contributed by atoms with Crippen LogP contribution in [0.3, 0.4) is 0 Å². The second-order valence-corrected chi connectivity index (χ2v) is 3.95. The molecule has 0 radical (unpaired) electrons. The Hall–Kier alpha value is -0.840. The van der Waals surface area contributed by atoms with E-state index in [-0.39, 0.29) is 18.8 Å². The Morgan fingerprint density at radius 1 is 1.60 bits per heavy atom. The summed E-state index contributed by atoms with van der Waals surface area (Å²) in [6, 6.07) is 0.219. The lowest BCUT2D eigenvalue weighted by atomic mass is 10.0. The van der Waals surface area contributed by atoms with Crippen molar-refractivity contribution in [2.24, 2.45) is 0 Å². The van der Waals surface area contributed by atoms with Gasteiger partial charge in [-0.25, -0.2) is 9.18 Å². The molecule has 1 heterocycles. The highest BCUT2D eigenvalue weighted by molar-refractivity contribution is 5.67. The number of hydrogen-bond donors (Lipinski definition) is 1. The summed E-state index contributed by atoms with van der Waals surface area (Å²) in [5.74, 6) is 0. The molecule has 1 N–H and O–H groups in total. The monoisotopic (exact) mass is 218 g/mol. The molecule has 1 atom stereocenters. The summed E-state index contributed by atoms with van der Waals surface area (Å²) >= 11 is 0. The molecular weight excluding hydrogens is 199 g/mol. The summed E-state index contributed by atoms with van der Waals surface area (Å²) in [6.07, 6.45) is 1.45. The van der Waals surface area contributed by atoms with E-state index in [2.05, 4.69) is 10.1 Å². The third-order valence-corrected chi connectivity index (χ3v) is 2.68. The Labute approximate surface area is 89.8 Å².